The van der Waals surface area contributed by atoms with Crippen molar-refractivity contribution in [1.82, 2.24) is 5.32 Å². The quantitative estimate of drug-likeness (QED) is 0.808. The summed E-state index contributed by atoms with van der Waals surface area (Å²) in [7, 11) is 0. The number of hydrogen-bond donors (Lipinski definition) is 1. The van der Waals surface area contributed by atoms with Gasteiger partial charge in [-0.2, -0.15) is 0 Å². The van der Waals surface area contributed by atoms with E-state index >= 15 is 0 Å². The maximum absolute atomic E-state index is 12.1. The van der Waals surface area contributed by atoms with Crippen LogP contribution in [-0.4, -0.2) is 11.9 Å². The first-order chi connectivity index (χ1) is 8.79. The van der Waals surface area contributed by atoms with Crippen LogP contribution in [0.2, 0.25) is 0 Å². The molecule has 2 nitrogen and oxygen atoms in total. The largest absolute Gasteiger partial charge is 0.349 e. The van der Waals surface area contributed by atoms with Crippen LogP contribution in [0.1, 0.15) is 61.4 Å². The zero-order valence-electron chi connectivity index (χ0n) is 11.2. The van der Waals surface area contributed by atoms with Crippen LogP contribution >= 0.6 is 0 Å². The Kier molecular flexibility index (Phi) is 4.80. The molecule has 98 valence electrons. The van der Waals surface area contributed by atoms with E-state index in [1.54, 1.807) is 0 Å². The van der Waals surface area contributed by atoms with Gasteiger partial charge in [-0.1, -0.05) is 44.7 Å². The molecule has 0 unspecified atom stereocenters. The van der Waals surface area contributed by atoms with E-state index in [1.807, 2.05) is 24.3 Å². The first-order valence-electron chi connectivity index (χ1n) is 7.19. The minimum Gasteiger partial charge on any atom is -0.349 e. The topological polar surface area (TPSA) is 29.1 Å². The summed E-state index contributed by atoms with van der Waals surface area (Å²) in [6, 6.07) is 8.34. The van der Waals surface area contributed by atoms with Gasteiger partial charge in [0.1, 0.15) is 0 Å². The molecule has 0 aliphatic heterocycles. The Hall–Kier alpha value is -1.31. The molecule has 1 aliphatic rings. The Bertz CT molecular complexity index is 375. The molecule has 18 heavy (non-hydrogen) atoms. The molecule has 1 aliphatic carbocycles. The van der Waals surface area contributed by atoms with E-state index in [9.17, 15) is 4.79 Å². The average molecular weight is 245 g/mol. The number of benzene rings is 1. The Labute approximate surface area is 110 Å². The van der Waals surface area contributed by atoms with Crippen LogP contribution in [0.5, 0.6) is 0 Å². The molecule has 1 aromatic carbocycles. The van der Waals surface area contributed by atoms with Crippen molar-refractivity contribution in [2.24, 2.45) is 0 Å². The Morgan fingerprint density at radius 2 is 1.72 bits per heavy atom. The number of nitrogens with one attached hydrogen (secondary N) is 1. The molecule has 0 spiro atoms. The third-order valence-electron chi connectivity index (χ3n) is 3.81. The molecule has 0 saturated heterocycles. The van der Waals surface area contributed by atoms with Gasteiger partial charge in [0.15, 0.2) is 0 Å². The second-order valence-electron chi connectivity index (χ2n) is 5.21. The van der Waals surface area contributed by atoms with Gasteiger partial charge < -0.3 is 5.32 Å². The minimum absolute atomic E-state index is 0.0875. The zero-order valence-corrected chi connectivity index (χ0v) is 11.2. The molecule has 1 fully saturated rings. The fourth-order valence-electron chi connectivity index (χ4n) is 2.58. The normalized spacial score (nSPS) is 17.2. The van der Waals surface area contributed by atoms with Crippen LogP contribution in [-0.2, 0) is 6.42 Å². The molecule has 1 amide bonds. The smallest absolute Gasteiger partial charge is 0.251 e. The number of rotatable bonds is 3. The summed E-state index contributed by atoms with van der Waals surface area (Å²) in [6.45, 7) is 2.13. The molecular weight excluding hydrogens is 222 g/mol. The monoisotopic (exact) mass is 245 g/mol. The number of carbonyl (C=O) groups is 1. The maximum atomic E-state index is 12.1. The third kappa shape index (κ3) is 3.59. The van der Waals surface area contributed by atoms with Gasteiger partial charge in [-0.3, -0.25) is 4.79 Å². The Morgan fingerprint density at radius 1 is 1.11 bits per heavy atom. The van der Waals surface area contributed by atoms with Crippen molar-refractivity contribution in [2.75, 3.05) is 0 Å². The van der Waals surface area contributed by atoms with Crippen LogP contribution < -0.4 is 5.32 Å². The Morgan fingerprint density at radius 3 is 2.28 bits per heavy atom. The van der Waals surface area contributed by atoms with E-state index in [0.717, 1.165) is 24.8 Å². The fourth-order valence-corrected chi connectivity index (χ4v) is 2.58. The highest BCUT2D eigenvalue weighted by Gasteiger charge is 2.15. The van der Waals surface area contributed by atoms with E-state index in [2.05, 4.69) is 12.2 Å². The second-order valence-corrected chi connectivity index (χ2v) is 5.21. The van der Waals surface area contributed by atoms with Crippen molar-refractivity contribution >= 4 is 5.91 Å². The van der Waals surface area contributed by atoms with E-state index in [1.165, 1.54) is 31.2 Å². The second kappa shape index (κ2) is 6.58. The van der Waals surface area contributed by atoms with E-state index in [4.69, 9.17) is 0 Å². The SMILES string of the molecule is CCc1ccc(C(=O)NC2CCCCCC2)cc1. The van der Waals surface area contributed by atoms with Gasteiger partial charge in [0.05, 0.1) is 0 Å². The average Bonchev–Trinajstić information content (AvgIpc) is 2.67. The summed E-state index contributed by atoms with van der Waals surface area (Å²) in [6.07, 6.45) is 8.43. The van der Waals surface area contributed by atoms with Gasteiger partial charge in [0, 0.05) is 11.6 Å². The van der Waals surface area contributed by atoms with Crippen molar-refractivity contribution in [3.8, 4) is 0 Å². The summed E-state index contributed by atoms with van der Waals surface area (Å²) in [5.74, 6) is 0.0875. The number of carbonyl (C=O) groups excluding carboxylic acids is 1. The molecule has 0 radical (unpaired) electrons. The molecule has 2 rings (SSSR count). The third-order valence-corrected chi connectivity index (χ3v) is 3.81. The summed E-state index contributed by atoms with van der Waals surface area (Å²) in [5, 5.41) is 3.17. The lowest BCUT2D eigenvalue weighted by Crippen LogP contribution is -2.34. The zero-order chi connectivity index (χ0) is 12.8. The van der Waals surface area contributed by atoms with Gasteiger partial charge >= 0.3 is 0 Å². The van der Waals surface area contributed by atoms with Crippen molar-refractivity contribution < 1.29 is 4.79 Å². The van der Waals surface area contributed by atoms with Gasteiger partial charge in [-0.25, -0.2) is 0 Å². The predicted octanol–water partition coefficient (Wildman–Crippen LogP) is 3.70. The maximum Gasteiger partial charge on any atom is 0.251 e. The first-order valence-corrected chi connectivity index (χ1v) is 7.19. The van der Waals surface area contributed by atoms with Crippen LogP contribution in [0.15, 0.2) is 24.3 Å². The fraction of sp³-hybridized carbons (Fsp3) is 0.562. The molecule has 0 aromatic heterocycles. The van der Waals surface area contributed by atoms with Gasteiger partial charge in [-0.15, -0.1) is 0 Å². The van der Waals surface area contributed by atoms with Crippen LogP contribution in [0, 0.1) is 0 Å². The lowest BCUT2D eigenvalue weighted by atomic mass is 10.1. The van der Waals surface area contributed by atoms with Crippen LogP contribution in [0.3, 0.4) is 0 Å². The molecule has 1 N–H and O–H groups in total. The standard InChI is InChI=1S/C16H23NO/c1-2-13-9-11-14(12-10-13)16(18)17-15-7-5-3-4-6-8-15/h9-12,15H,2-8H2,1H3,(H,17,18). The van der Waals surface area contributed by atoms with Crippen molar-refractivity contribution in [2.45, 2.75) is 57.9 Å². The first kappa shape index (κ1) is 13.1. The molecule has 1 aromatic rings. The van der Waals surface area contributed by atoms with Gasteiger partial charge in [-0.05, 0) is 37.0 Å². The van der Waals surface area contributed by atoms with E-state index in [0.29, 0.717) is 6.04 Å². The van der Waals surface area contributed by atoms with Crippen molar-refractivity contribution in [3.63, 3.8) is 0 Å². The number of amides is 1. The number of aryl methyl sites for hydroxylation is 1. The summed E-state index contributed by atoms with van der Waals surface area (Å²) in [4.78, 5) is 12.1. The summed E-state index contributed by atoms with van der Waals surface area (Å²) >= 11 is 0. The van der Waals surface area contributed by atoms with Gasteiger partial charge in [0.2, 0.25) is 0 Å². The highest BCUT2D eigenvalue weighted by molar-refractivity contribution is 5.94. The van der Waals surface area contributed by atoms with Crippen molar-refractivity contribution in [1.29, 1.82) is 0 Å². The minimum atomic E-state index is 0.0875. The van der Waals surface area contributed by atoms with Crippen molar-refractivity contribution in [3.05, 3.63) is 35.4 Å². The highest BCUT2D eigenvalue weighted by atomic mass is 16.1. The van der Waals surface area contributed by atoms with E-state index < -0.39 is 0 Å². The lowest BCUT2D eigenvalue weighted by Gasteiger charge is -2.16. The highest BCUT2D eigenvalue weighted by Crippen LogP contribution is 2.17. The number of hydrogen-bond acceptors (Lipinski definition) is 1. The molecule has 2 heteroatoms. The molecule has 0 heterocycles. The predicted molar refractivity (Wildman–Crippen MR) is 74.8 cm³/mol. The lowest BCUT2D eigenvalue weighted by molar-refractivity contribution is 0.0933. The Balaban J connectivity index is 1.93. The molecule has 0 atom stereocenters. The van der Waals surface area contributed by atoms with E-state index in [-0.39, 0.29) is 5.91 Å². The summed E-state index contributed by atoms with van der Waals surface area (Å²) < 4.78 is 0. The molecule has 0 bridgehead atoms. The molecule has 1 saturated carbocycles. The van der Waals surface area contributed by atoms with Crippen LogP contribution in [0.4, 0.5) is 0 Å². The molecular formula is C16H23NO. The van der Waals surface area contributed by atoms with Crippen LogP contribution in [0.25, 0.3) is 0 Å². The van der Waals surface area contributed by atoms with Gasteiger partial charge in [0.25, 0.3) is 5.91 Å². The summed E-state index contributed by atoms with van der Waals surface area (Å²) in [5.41, 5.74) is 2.07.